The van der Waals surface area contributed by atoms with Gasteiger partial charge in [0.05, 0.1) is 12.7 Å². The van der Waals surface area contributed by atoms with Crippen LogP contribution in [0.1, 0.15) is 39.5 Å². The third-order valence-corrected chi connectivity index (χ3v) is 6.96. The summed E-state index contributed by atoms with van der Waals surface area (Å²) >= 11 is 0. The van der Waals surface area contributed by atoms with Gasteiger partial charge in [-0.25, -0.2) is 0 Å². The molecule has 1 aromatic carbocycles. The van der Waals surface area contributed by atoms with Crippen LogP contribution in [0.4, 0.5) is 0 Å². The molecule has 4 aliphatic heterocycles. The Morgan fingerprint density at radius 3 is 2.47 bits per heavy atom. The van der Waals surface area contributed by atoms with Crippen molar-refractivity contribution in [2.45, 2.75) is 101 Å². The average Bonchev–Trinajstić information content (AvgIpc) is 3.22. The second kappa shape index (κ2) is 11.0. The van der Waals surface area contributed by atoms with E-state index in [1.165, 1.54) is 14.0 Å². The van der Waals surface area contributed by atoms with Gasteiger partial charge in [0.25, 0.3) is 0 Å². The Balaban J connectivity index is 1.41. The van der Waals surface area contributed by atoms with Gasteiger partial charge in [0.15, 0.2) is 24.7 Å². The molecule has 0 amide bonds. The van der Waals surface area contributed by atoms with E-state index in [0.717, 1.165) is 5.56 Å². The molecule has 5 rings (SSSR count). The summed E-state index contributed by atoms with van der Waals surface area (Å²) in [6.45, 7) is 6.81. The standard InChI is InChI=1S/C25H33N3O10/c1-12-17(20-21(24(30-5)32-12)38-25(3,4)37-20)35-23-16(27-28-26)19(33-13(2)29)18-15(34-23)11-31-22(36-18)14-9-7-6-8-10-14/h6-10,12,15-24H,11H2,1-5H3/t12-,15+,16+,17-,18-,19+,20+,21+,22?,23+,24+/m0/s1. The summed E-state index contributed by atoms with van der Waals surface area (Å²) in [4.78, 5) is 15.1. The number of azide groups is 1. The first-order valence-corrected chi connectivity index (χ1v) is 12.6. The Kier molecular flexibility index (Phi) is 7.92. The number of hydrogen-bond acceptors (Lipinski definition) is 11. The molecule has 4 saturated heterocycles. The van der Waals surface area contributed by atoms with Gasteiger partial charge in [-0.05, 0) is 26.3 Å². The zero-order valence-electron chi connectivity index (χ0n) is 21.9. The van der Waals surface area contributed by atoms with Crippen LogP contribution >= 0.6 is 0 Å². The van der Waals surface area contributed by atoms with E-state index in [1.807, 2.05) is 37.3 Å². The van der Waals surface area contributed by atoms with Crippen molar-refractivity contribution in [2.24, 2.45) is 5.11 Å². The van der Waals surface area contributed by atoms with E-state index in [9.17, 15) is 10.3 Å². The number of nitrogens with zero attached hydrogens (tertiary/aromatic N) is 3. The molecule has 0 aromatic heterocycles. The van der Waals surface area contributed by atoms with Gasteiger partial charge in [-0.1, -0.05) is 35.4 Å². The van der Waals surface area contributed by atoms with Crippen LogP contribution in [-0.4, -0.2) is 86.8 Å². The smallest absolute Gasteiger partial charge is 0.303 e. The number of ether oxygens (including phenoxy) is 9. The molecule has 13 nitrogen and oxygen atoms in total. The van der Waals surface area contributed by atoms with Gasteiger partial charge < -0.3 is 42.6 Å². The Hall–Kier alpha value is -2.32. The largest absolute Gasteiger partial charge is 0.459 e. The van der Waals surface area contributed by atoms with Crippen molar-refractivity contribution in [1.29, 1.82) is 0 Å². The molecule has 0 N–H and O–H groups in total. The summed E-state index contributed by atoms with van der Waals surface area (Å²) < 4.78 is 54.1. The van der Waals surface area contributed by atoms with Gasteiger partial charge in [-0.2, -0.15) is 0 Å². The predicted octanol–water partition coefficient (Wildman–Crippen LogP) is 2.73. The average molecular weight is 536 g/mol. The topological polar surface area (TPSA) is 149 Å². The second-order valence-corrected chi connectivity index (χ2v) is 10.1. The van der Waals surface area contributed by atoms with Gasteiger partial charge in [-0.15, -0.1) is 0 Å². The van der Waals surface area contributed by atoms with Crippen LogP contribution in [0.3, 0.4) is 0 Å². The molecule has 11 atom stereocenters. The molecule has 0 radical (unpaired) electrons. The van der Waals surface area contributed by atoms with E-state index in [2.05, 4.69) is 10.0 Å². The Morgan fingerprint density at radius 2 is 1.79 bits per heavy atom. The highest BCUT2D eigenvalue weighted by atomic mass is 16.8. The van der Waals surface area contributed by atoms with Crippen molar-refractivity contribution < 1.29 is 47.4 Å². The zero-order chi connectivity index (χ0) is 27.0. The lowest BCUT2D eigenvalue weighted by Crippen LogP contribution is -2.65. The predicted molar refractivity (Wildman–Crippen MR) is 127 cm³/mol. The Morgan fingerprint density at radius 1 is 1.05 bits per heavy atom. The number of hydrogen-bond donors (Lipinski definition) is 0. The summed E-state index contributed by atoms with van der Waals surface area (Å²) in [5.41, 5.74) is 10.2. The summed E-state index contributed by atoms with van der Waals surface area (Å²) in [5.74, 6) is -1.47. The van der Waals surface area contributed by atoms with Crippen LogP contribution in [0.25, 0.3) is 10.4 Å². The van der Waals surface area contributed by atoms with Crippen molar-refractivity contribution in [1.82, 2.24) is 0 Å². The molecule has 0 spiro atoms. The first kappa shape index (κ1) is 27.3. The lowest BCUT2D eigenvalue weighted by Gasteiger charge is -2.49. The van der Waals surface area contributed by atoms with E-state index in [0.29, 0.717) is 0 Å². The van der Waals surface area contributed by atoms with Crippen LogP contribution in [0.5, 0.6) is 0 Å². The summed E-state index contributed by atoms with van der Waals surface area (Å²) in [7, 11) is 1.53. The normalized spacial score (nSPS) is 41.9. The van der Waals surface area contributed by atoms with Crippen molar-refractivity contribution >= 4 is 5.97 Å². The van der Waals surface area contributed by atoms with Crippen LogP contribution in [-0.2, 0) is 47.4 Å². The van der Waals surface area contributed by atoms with Gasteiger partial charge in [0.1, 0.15) is 42.7 Å². The maximum atomic E-state index is 12.1. The van der Waals surface area contributed by atoms with Crippen LogP contribution in [0, 0.1) is 0 Å². The first-order valence-electron chi connectivity index (χ1n) is 12.6. The van der Waals surface area contributed by atoms with E-state index in [-0.39, 0.29) is 6.61 Å². The fourth-order valence-corrected chi connectivity index (χ4v) is 5.41. The van der Waals surface area contributed by atoms with Crippen LogP contribution in [0.15, 0.2) is 35.4 Å². The van der Waals surface area contributed by atoms with Gasteiger partial charge in [0.2, 0.25) is 0 Å². The Labute approximate surface area is 220 Å². The minimum absolute atomic E-state index is 0.131. The van der Waals surface area contributed by atoms with Crippen molar-refractivity contribution in [3.8, 4) is 0 Å². The van der Waals surface area contributed by atoms with Crippen molar-refractivity contribution in [3.05, 3.63) is 46.3 Å². The molecule has 4 fully saturated rings. The molecule has 38 heavy (non-hydrogen) atoms. The number of carbonyl (C=O) groups is 1. The Bertz CT molecular complexity index is 1040. The number of rotatable bonds is 6. The number of carbonyl (C=O) groups excluding carboxylic acids is 1. The van der Waals surface area contributed by atoms with E-state index in [4.69, 9.17) is 42.6 Å². The fourth-order valence-electron chi connectivity index (χ4n) is 5.41. The van der Waals surface area contributed by atoms with Crippen molar-refractivity contribution in [2.75, 3.05) is 13.7 Å². The lowest BCUT2D eigenvalue weighted by atomic mass is 9.95. The SMILES string of the molecule is CO[C@@H]1O[C@@H](C)[C@H](O[C@H]2O[C@@H]3COC(c4ccccc4)O[C@@H]3[C@H](OC(C)=O)[C@H]2N=[N+]=[N-])[C@H]2OC(C)(C)O[C@@H]12. The second-order valence-electron chi connectivity index (χ2n) is 10.1. The van der Waals surface area contributed by atoms with Crippen LogP contribution < -0.4 is 0 Å². The minimum Gasteiger partial charge on any atom is -0.459 e. The molecule has 0 saturated carbocycles. The quantitative estimate of drug-likeness (QED) is 0.230. The third kappa shape index (κ3) is 5.39. The monoisotopic (exact) mass is 535 g/mol. The highest BCUT2D eigenvalue weighted by molar-refractivity contribution is 5.66. The highest BCUT2D eigenvalue weighted by Crippen LogP contribution is 2.42. The number of esters is 1. The fraction of sp³-hybridized carbons (Fsp3) is 0.720. The molecule has 1 aromatic rings. The van der Waals surface area contributed by atoms with Gasteiger partial charge >= 0.3 is 5.97 Å². The molecule has 0 aliphatic carbocycles. The maximum absolute atomic E-state index is 12.1. The number of fused-ring (bicyclic) bond motifs is 2. The summed E-state index contributed by atoms with van der Waals surface area (Å²) in [6, 6.07) is 8.28. The maximum Gasteiger partial charge on any atom is 0.303 e. The molecular formula is C25H33N3O10. The van der Waals surface area contributed by atoms with E-state index < -0.39 is 79.4 Å². The third-order valence-electron chi connectivity index (χ3n) is 6.96. The summed E-state index contributed by atoms with van der Waals surface area (Å²) in [6.07, 6.45) is -7.27. The van der Waals surface area contributed by atoms with E-state index >= 15 is 0 Å². The molecule has 1 unspecified atom stereocenters. The van der Waals surface area contributed by atoms with Crippen molar-refractivity contribution in [3.63, 3.8) is 0 Å². The number of benzene rings is 1. The minimum atomic E-state index is -1.12. The highest BCUT2D eigenvalue weighted by Gasteiger charge is 2.58. The van der Waals surface area contributed by atoms with Crippen LogP contribution in [0.2, 0.25) is 0 Å². The van der Waals surface area contributed by atoms with Gasteiger partial charge in [0, 0.05) is 24.5 Å². The van der Waals surface area contributed by atoms with Gasteiger partial charge in [-0.3, -0.25) is 4.79 Å². The molecule has 208 valence electrons. The van der Waals surface area contributed by atoms with E-state index in [1.54, 1.807) is 13.8 Å². The zero-order valence-corrected chi connectivity index (χ0v) is 21.9. The number of methoxy groups -OCH3 is 1. The molecular weight excluding hydrogens is 502 g/mol. The summed E-state index contributed by atoms with van der Waals surface area (Å²) in [5, 5.41) is 3.92. The lowest BCUT2D eigenvalue weighted by molar-refractivity contribution is -0.361. The molecule has 13 heteroatoms. The molecule has 4 heterocycles. The first-order chi connectivity index (χ1) is 18.2. The molecule has 0 bridgehead atoms. The molecule has 4 aliphatic rings.